The molecule has 0 aliphatic carbocycles. The van der Waals surface area contributed by atoms with Crippen LogP contribution in [0.25, 0.3) is 6.08 Å². The molecule has 0 saturated carbocycles. The van der Waals surface area contributed by atoms with Gasteiger partial charge in [-0.3, -0.25) is 4.79 Å². The molecule has 74 valence electrons. The number of halogens is 1. The number of allylic oxidation sites excluding steroid dienone is 1. The van der Waals surface area contributed by atoms with E-state index in [1.807, 2.05) is 30.4 Å². The molecule has 0 aliphatic heterocycles. The van der Waals surface area contributed by atoms with Crippen molar-refractivity contribution < 1.29 is 9.90 Å². The van der Waals surface area contributed by atoms with Crippen LogP contribution in [0.1, 0.15) is 18.4 Å². The maximum atomic E-state index is 10.2. The summed E-state index contributed by atoms with van der Waals surface area (Å²) in [5, 5.41) is 9.09. The van der Waals surface area contributed by atoms with Gasteiger partial charge in [-0.2, -0.15) is 0 Å². The van der Waals surface area contributed by atoms with Crippen LogP contribution in [0.4, 0.5) is 0 Å². The van der Waals surface area contributed by atoms with Crippen LogP contribution in [0, 0.1) is 0 Å². The summed E-state index contributed by atoms with van der Waals surface area (Å²) in [5.74, 6) is -0.777. The zero-order chi connectivity index (χ0) is 10.4. The van der Waals surface area contributed by atoms with Crippen molar-refractivity contribution in [1.82, 2.24) is 0 Å². The van der Waals surface area contributed by atoms with E-state index in [9.17, 15) is 4.79 Å². The zero-order valence-electron chi connectivity index (χ0n) is 7.61. The highest BCUT2D eigenvalue weighted by atomic mass is 35.5. The maximum Gasteiger partial charge on any atom is 0.303 e. The fourth-order valence-corrected chi connectivity index (χ4v) is 1.24. The summed E-state index contributed by atoms with van der Waals surface area (Å²) in [5.41, 5.74) is 0.989. The second-order valence-corrected chi connectivity index (χ2v) is 3.33. The molecule has 0 radical (unpaired) electrons. The van der Waals surface area contributed by atoms with Crippen LogP contribution >= 0.6 is 11.6 Å². The van der Waals surface area contributed by atoms with Crippen LogP contribution in [0.15, 0.2) is 30.3 Å². The summed E-state index contributed by atoms with van der Waals surface area (Å²) in [4.78, 5) is 10.2. The summed E-state index contributed by atoms with van der Waals surface area (Å²) in [6.07, 6.45) is 4.41. The molecule has 3 heteroatoms. The van der Waals surface area contributed by atoms with E-state index in [1.54, 1.807) is 6.07 Å². The quantitative estimate of drug-likeness (QED) is 0.829. The Morgan fingerprint density at radius 1 is 1.50 bits per heavy atom. The number of hydrogen-bond acceptors (Lipinski definition) is 1. The highest BCUT2D eigenvalue weighted by molar-refractivity contribution is 6.30. The lowest BCUT2D eigenvalue weighted by Gasteiger charge is -1.93. The number of carboxylic acids is 1. The van der Waals surface area contributed by atoms with Gasteiger partial charge in [-0.1, -0.05) is 35.9 Å². The van der Waals surface area contributed by atoms with Crippen LogP contribution in [-0.4, -0.2) is 11.1 Å². The minimum absolute atomic E-state index is 0.164. The van der Waals surface area contributed by atoms with Crippen LogP contribution < -0.4 is 0 Å². The molecule has 0 spiro atoms. The van der Waals surface area contributed by atoms with Crippen molar-refractivity contribution in [1.29, 1.82) is 0 Å². The first-order valence-electron chi connectivity index (χ1n) is 4.32. The van der Waals surface area contributed by atoms with E-state index < -0.39 is 5.97 Å². The molecular weight excluding hydrogens is 200 g/mol. The molecular formula is C11H11ClO2. The second kappa shape index (κ2) is 5.45. The minimum Gasteiger partial charge on any atom is -0.481 e. The fourth-order valence-electron chi connectivity index (χ4n) is 1.04. The van der Waals surface area contributed by atoms with Gasteiger partial charge in [0.1, 0.15) is 0 Å². The van der Waals surface area contributed by atoms with E-state index >= 15 is 0 Å². The van der Waals surface area contributed by atoms with E-state index in [4.69, 9.17) is 16.7 Å². The predicted molar refractivity (Wildman–Crippen MR) is 57.4 cm³/mol. The number of hydrogen-bond donors (Lipinski definition) is 1. The summed E-state index contributed by atoms with van der Waals surface area (Å²) in [6, 6.07) is 7.41. The number of carboxylic acid groups (broad SMARTS) is 1. The lowest BCUT2D eigenvalue weighted by molar-refractivity contribution is -0.136. The van der Waals surface area contributed by atoms with E-state index in [-0.39, 0.29) is 6.42 Å². The maximum absolute atomic E-state index is 10.2. The van der Waals surface area contributed by atoms with Gasteiger partial charge >= 0.3 is 5.97 Å². The van der Waals surface area contributed by atoms with Crippen molar-refractivity contribution in [3.05, 3.63) is 40.9 Å². The second-order valence-electron chi connectivity index (χ2n) is 2.89. The Morgan fingerprint density at radius 3 is 2.93 bits per heavy atom. The summed E-state index contributed by atoms with van der Waals surface area (Å²) in [6.45, 7) is 0. The summed E-state index contributed by atoms with van der Waals surface area (Å²) >= 11 is 5.78. The molecule has 1 aromatic rings. The summed E-state index contributed by atoms with van der Waals surface area (Å²) < 4.78 is 0. The molecule has 1 N–H and O–H groups in total. The van der Waals surface area contributed by atoms with Gasteiger partial charge in [0.05, 0.1) is 0 Å². The summed E-state index contributed by atoms with van der Waals surface area (Å²) in [7, 11) is 0. The van der Waals surface area contributed by atoms with Crippen molar-refractivity contribution in [2.45, 2.75) is 12.8 Å². The molecule has 2 nitrogen and oxygen atoms in total. The molecule has 1 rings (SSSR count). The molecule has 0 unspecified atom stereocenters. The Kier molecular flexibility index (Phi) is 4.20. The fraction of sp³-hybridized carbons (Fsp3) is 0.182. The van der Waals surface area contributed by atoms with Gasteiger partial charge in [0.25, 0.3) is 0 Å². The molecule has 0 aromatic heterocycles. The van der Waals surface area contributed by atoms with Crippen LogP contribution in [0.5, 0.6) is 0 Å². The third-order valence-corrected chi connectivity index (χ3v) is 1.92. The average molecular weight is 211 g/mol. The van der Waals surface area contributed by atoms with Crippen molar-refractivity contribution >= 4 is 23.6 Å². The first-order valence-corrected chi connectivity index (χ1v) is 4.70. The predicted octanol–water partition coefficient (Wildman–Crippen LogP) is 3.22. The van der Waals surface area contributed by atoms with E-state index in [0.29, 0.717) is 11.4 Å². The van der Waals surface area contributed by atoms with Gasteiger partial charge in [0.2, 0.25) is 0 Å². The Labute approximate surface area is 87.8 Å². The topological polar surface area (TPSA) is 37.3 Å². The molecule has 0 atom stereocenters. The molecule has 0 amide bonds. The zero-order valence-corrected chi connectivity index (χ0v) is 8.37. The molecule has 1 aromatic carbocycles. The van der Waals surface area contributed by atoms with Crippen molar-refractivity contribution in [3.8, 4) is 0 Å². The lowest BCUT2D eigenvalue weighted by Crippen LogP contribution is -1.91. The number of carbonyl (C=O) groups is 1. The molecule has 14 heavy (non-hydrogen) atoms. The van der Waals surface area contributed by atoms with E-state index in [0.717, 1.165) is 5.56 Å². The smallest absolute Gasteiger partial charge is 0.303 e. The number of benzene rings is 1. The molecule has 0 saturated heterocycles. The van der Waals surface area contributed by atoms with E-state index in [2.05, 4.69) is 0 Å². The van der Waals surface area contributed by atoms with Crippen molar-refractivity contribution in [2.75, 3.05) is 0 Å². The standard InChI is InChI=1S/C11H11ClO2/c12-10-6-3-5-9(8-10)4-1-2-7-11(13)14/h1,3-6,8H,2,7H2,(H,13,14). The first-order chi connectivity index (χ1) is 6.68. The Morgan fingerprint density at radius 2 is 2.29 bits per heavy atom. The Balaban J connectivity index is 2.47. The van der Waals surface area contributed by atoms with E-state index in [1.165, 1.54) is 0 Å². The minimum atomic E-state index is -0.777. The first kappa shape index (κ1) is 10.8. The van der Waals surface area contributed by atoms with Gasteiger partial charge in [-0.15, -0.1) is 0 Å². The Bertz CT molecular complexity index is 345. The molecule has 0 aliphatic rings. The highest BCUT2D eigenvalue weighted by Gasteiger charge is 1.92. The molecule has 0 heterocycles. The monoisotopic (exact) mass is 210 g/mol. The molecule has 0 fully saturated rings. The SMILES string of the molecule is O=C(O)CCC=Cc1cccc(Cl)c1. The van der Waals surface area contributed by atoms with Gasteiger partial charge in [-0.05, 0) is 24.1 Å². The van der Waals surface area contributed by atoms with Gasteiger partial charge in [0.15, 0.2) is 0 Å². The third kappa shape index (κ3) is 4.10. The highest BCUT2D eigenvalue weighted by Crippen LogP contribution is 2.12. The van der Waals surface area contributed by atoms with Crippen LogP contribution in [0.2, 0.25) is 5.02 Å². The van der Waals surface area contributed by atoms with Crippen molar-refractivity contribution in [2.24, 2.45) is 0 Å². The average Bonchev–Trinajstić information content (AvgIpc) is 2.12. The number of rotatable bonds is 4. The normalized spacial score (nSPS) is 10.6. The van der Waals surface area contributed by atoms with Crippen LogP contribution in [0.3, 0.4) is 0 Å². The lowest BCUT2D eigenvalue weighted by atomic mass is 10.2. The number of aliphatic carboxylic acids is 1. The van der Waals surface area contributed by atoms with Gasteiger partial charge in [0, 0.05) is 11.4 Å². The van der Waals surface area contributed by atoms with Crippen LogP contribution in [-0.2, 0) is 4.79 Å². The van der Waals surface area contributed by atoms with Crippen molar-refractivity contribution in [3.63, 3.8) is 0 Å². The molecule has 0 bridgehead atoms. The third-order valence-electron chi connectivity index (χ3n) is 1.68. The van der Waals surface area contributed by atoms with Gasteiger partial charge < -0.3 is 5.11 Å². The Hall–Kier alpha value is -1.28. The largest absolute Gasteiger partial charge is 0.481 e. The van der Waals surface area contributed by atoms with Gasteiger partial charge in [-0.25, -0.2) is 0 Å².